The highest BCUT2D eigenvalue weighted by atomic mass is 15.1. The molecule has 0 saturated heterocycles. The topological polar surface area (TPSA) is 3.24 Å². The van der Waals surface area contributed by atoms with Crippen molar-refractivity contribution in [2.45, 2.75) is 19.3 Å². The molecule has 0 radical (unpaired) electrons. The number of hydrogen-bond acceptors (Lipinski definition) is 1. The van der Waals surface area contributed by atoms with Crippen LogP contribution in [0.15, 0.2) is 176 Å². The quantitative estimate of drug-likeness (QED) is 0.182. The summed E-state index contributed by atoms with van der Waals surface area (Å²) in [5, 5.41) is 0. The lowest BCUT2D eigenvalue weighted by Crippen LogP contribution is -2.16. The van der Waals surface area contributed by atoms with Gasteiger partial charge in [0.05, 0.1) is 20.6 Å². The summed E-state index contributed by atoms with van der Waals surface area (Å²) in [7, 11) is 0. The van der Waals surface area contributed by atoms with Gasteiger partial charge in [-0.2, -0.15) is 0 Å². The molecule has 0 fully saturated rings. The highest BCUT2D eigenvalue weighted by molar-refractivity contribution is 5.88. The second kappa shape index (κ2) is 11.4. The molecule has 7 aromatic carbocycles. The minimum absolute atomic E-state index is 0.00722. The fourth-order valence-electron chi connectivity index (χ4n) is 6.27. The summed E-state index contributed by atoms with van der Waals surface area (Å²) in [6, 6.07) is 17.7. The van der Waals surface area contributed by atoms with Crippen molar-refractivity contribution in [3.8, 4) is 44.5 Å². The minimum atomic E-state index is -0.594. The SMILES string of the molecule is [2H]c1c([2H])c([2H])c(-c2ccc(N(c3cc(-c4c([2H])c([2H])c([2H])c([2H])c4[2H])cc(-c4c([2H])c([2H])c([2H])c([2H])c4[2H])c3)c3ccc4c(c3)C(C)(C)c3ccccc3-4)cc2)c([2H])c1[2H]. The molecule has 0 atom stereocenters. The van der Waals surface area contributed by atoms with Gasteiger partial charge in [0.2, 0.25) is 0 Å². The standard InChI is InChI=1S/C45H35N/c1-45(2)43-21-13-12-20-41(43)42-27-26-39(31-44(42)45)46(38-24-22-35(23-25-38)32-14-6-3-7-15-32)40-29-36(33-16-8-4-9-17-33)28-37(30-40)34-18-10-5-11-19-34/h3-31H,1-2H3/i3D,4D,5D,6D,7D,8D,9D,10D,11D,14D,15D,16D,17D,18D,19D. The summed E-state index contributed by atoms with van der Waals surface area (Å²) >= 11 is 0. The smallest absolute Gasteiger partial charge is 0.0629 e. The molecule has 46 heavy (non-hydrogen) atoms. The predicted octanol–water partition coefficient (Wildman–Crippen LogP) is 12.5. The van der Waals surface area contributed by atoms with Gasteiger partial charge < -0.3 is 4.90 Å². The molecule has 0 N–H and O–H groups in total. The van der Waals surface area contributed by atoms with E-state index in [0.29, 0.717) is 22.6 Å². The van der Waals surface area contributed by atoms with Crippen molar-refractivity contribution in [2.75, 3.05) is 4.90 Å². The zero-order chi connectivity index (χ0) is 44.1. The van der Waals surface area contributed by atoms with Crippen LogP contribution < -0.4 is 4.90 Å². The summed E-state index contributed by atoms with van der Waals surface area (Å²) in [6.45, 7) is 4.24. The monoisotopic (exact) mass is 604 g/mol. The summed E-state index contributed by atoms with van der Waals surface area (Å²) in [5.41, 5.74) is 5.48. The number of fused-ring (bicyclic) bond motifs is 3. The Morgan fingerprint density at radius 1 is 0.413 bits per heavy atom. The van der Waals surface area contributed by atoms with Gasteiger partial charge in [0.1, 0.15) is 0 Å². The van der Waals surface area contributed by atoms with Gasteiger partial charge in [-0.05, 0) is 98.1 Å². The molecular weight excluding hydrogens is 555 g/mol. The Bertz CT molecular complexity index is 2840. The summed E-state index contributed by atoms with van der Waals surface area (Å²) in [5.74, 6) is 0. The van der Waals surface area contributed by atoms with Gasteiger partial charge in [-0.3, -0.25) is 0 Å². The maximum Gasteiger partial charge on any atom is 0.0629 e. The van der Waals surface area contributed by atoms with Crippen molar-refractivity contribution in [3.05, 3.63) is 187 Å². The number of nitrogens with zero attached hydrogens (tertiary/aromatic N) is 1. The Kier molecular flexibility index (Phi) is 3.97. The number of rotatable bonds is 6. The molecule has 0 spiro atoms. The van der Waals surface area contributed by atoms with Crippen molar-refractivity contribution in [2.24, 2.45) is 0 Å². The van der Waals surface area contributed by atoms with E-state index in [0.717, 1.165) is 22.3 Å². The molecule has 0 bridgehead atoms. The normalized spacial score (nSPS) is 17.3. The van der Waals surface area contributed by atoms with E-state index in [1.807, 2.05) is 35.2 Å². The highest BCUT2D eigenvalue weighted by Crippen LogP contribution is 2.51. The first-order valence-electron chi connectivity index (χ1n) is 22.3. The average molecular weight is 605 g/mol. The van der Waals surface area contributed by atoms with E-state index in [2.05, 4.69) is 26.0 Å². The number of benzene rings is 7. The van der Waals surface area contributed by atoms with Crippen LogP contribution in [0.25, 0.3) is 44.5 Å². The van der Waals surface area contributed by atoms with Crippen molar-refractivity contribution >= 4 is 17.1 Å². The van der Waals surface area contributed by atoms with Crippen LogP contribution in [0.2, 0.25) is 0 Å². The van der Waals surface area contributed by atoms with Crippen LogP contribution in [-0.4, -0.2) is 0 Å². The molecular formula is C45H35N. The van der Waals surface area contributed by atoms with Crippen LogP contribution in [0.1, 0.15) is 45.5 Å². The molecule has 0 amide bonds. The van der Waals surface area contributed by atoms with E-state index in [9.17, 15) is 0 Å². The minimum Gasteiger partial charge on any atom is -0.310 e. The Morgan fingerprint density at radius 2 is 0.913 bits per heavy atom. The molecule has 0 heterocycles. The second-order valence-electron chi connectivity index (χ2n) is 11.6. The first-order chi connectivity index (χ1) is 28.8. The van der Waals surface area contributed by atoms with Crippen LogP contribution in [0.5, 0.6) is 0 Å². The van der Waals surface area contributed by atoms with E-state index in [-0.39, 0.29) is 39.9 Å². The van der Waals surface area contributed by atoms with Crippen LogP contribution in [0, 0.1) is 0 Å². The van der Waals surface area contributed by atoms with E-state index in [1.54, 1.807) is 36.4 Å². The zero-order valence-electron chi connectivity index (χ0n) is 40.0. The van der Waals surface area contributed by atoms with Gasteiger partial charge >= 0.3 is 0 Å². The third-order valence-electron chi connectivity index (χ3n) is 8.49. The lowest BCUT2D eigenvalue weighted by molar-refractivity contribution is 0.660. The highest BCUT2D eigenvalue weighted by Gasteiger charge is 2.35. The molecule has 0 aliphatic heterocycles. The van der Waals surface area contributed by atoms with Gasteiger partial charge in [-0.25, -0.2) is 0 Å². The molecule has 1 aliphatic carbocycles. The Labute approximate surface area is 293 Å². The maximum atomic E-state index is 8.90. The Hall–Kier alpha value is -5.66. The Balaban J connectivity index is 1.44. The zero-order valence-corrected chi connectivity index (χ0v) is 25.0. The lowest BCUT2D eigenvalue weighted by Gasteiger charge is -2.29. The van der Waals surface area contributed by atoms with Gasteiger partial charge in [0, 0.05) is 22.5 Å². The molecule has 0 saturated carbocycles. The van der Waals surface area contributed by atoms with E-state index in [4.69, 9.17) is 20.6 Å². The number of hydrogen-bond donors (Lipinski definition) is 0. The predicted molar refractivity (Wildman–Crippen MR) is 195 cm³/mol. The Morgan fingerprint density at radius 3 is 1.50 bits per heavy atom. The second-order valence-corrected chi connectivity index (χ2v) is 11.6. The van der Waals surface area contributed by atoms with Crippen LogP contribution in [0.4, 0.5) is 17.1 Å². The third-order valence-corrected chi connectivity index (χ3v) is 8.49. The molecule has 220 valence electrons. The first kappa shape index (κ1) is 16.1. The van der Waals surface area contributed by atoms with Gasteiger partial charge in [-0.1, -0.05) is 147 Å². The van der Waals surface area contributed by atoms with Crippen LogP contribution in [0.3, 0.4) is 0 Å². The fourth-order valence-corrected chi connectivity index (χ4v) is 6.27. The van der Waals surface area contributed by atoms with Gasteiger partial charge in [0.15, 0.2) is 0 Å². The molecule has 1 heteroatoms. The summed E-state index contributed by atoms with van der Waals surface area (Å²) in [4.78, 5) is 1.82. The molecule has 7 aromatic rings. The van der Waals surface area contributed by atoms with E-state index < -0.39 is 84.0 Å². The fraction of sp³-hybridized carbons (Fsp3) is 0.0667. The molecule has 1 aliphatic rings. The summed E-state index contributed by atoms with van der Waals surface area (Å²) in [6.07, 6.45) is 0. The van der Waals surface area contributed by atoms with Crippen molar-refractivity contribution in [3.63, 3.8) is 0 Å². The van der Waals surface area contributed by atoms with Gasteiger partial charge in [0.25, 0.3) is 0 Å². The van der Waals surface area contributed by atoms with E-state index in [1.165, 1.54) is 6.07 Å². The third kappa shape index (κ3) is 4.91. The first-order valence-corrected chi connectivity index (χ1v) is 14.8. The van der Waals surface area contributed by atoms with Crippen molar-refractivity contribution < 1.29 is 20.6 Å². The number of anilines is 3. The molecule has 8 rings (SSSR count). The van der Waals surface area contributed by atoms with Gasteiger partial charge in [-0.15, -0.1) is 0 Å². The van der Waals surface area contributed by atoms with Crippen LogP contribution in [-0.2, 0) is 5.41 Å². The van der Waals surface area contributed by atoms with Crippen molar-refractivity contribution in [1.82, 2.24) is 0 Å². The van der Waals surface area contributed by atoms with Crippen LogP contribution >= 0.6 is 0 Å². The molecule has 0 aromatic heterocycles. The maximum absolute atomic E-state index is 8.90. The average Bonchev–Trinajstić information content (AvgIpc) is 3.48. The molecule has 0 unspecified atom stereocenters. The summed E-state index contributed by atoms with van der Waals surface area (Å²) < 4.78 is 128. The lowest BCUT2D eigenvalue weighted by atomic mass is 9.82. The van der Waals surface area contributed by atoms with E-state index >= 15 is 0 Å². The largest absolute Gasteiger partial charge is 0.310 e. The van der Waals surface area contributed by atoms with Crippen molar-refractivity contribution in [1.29, 1.82) is 0 Å². The molecule has 1 nitrogen and oxygen atoms in total.